The number of carbonyl (C=O) groups is 3. The third kappa shape index (κ3) is 4.13. The van der Waals surface area contributed by atoms with Crippen LogP contribution >= 0.6 is 0 Å². The van der Waals surface area contributed by atoms with Crippen molar-refractivity contribution in [2.45, 2.75) is 33.4 Å². The second-order valence-electron chi connectivity index (χ2n) is 4.13. The summed E-state index contributed by atoms with van der Waals surface area (Å²) in [7, 11) is 0. The molecular weight excluding hydrogens is 252 g/mol. The molecule has 1 aromatic heterocycles. The van der Waals surface area contributed by atoms with Gasteiger partial charge in [0.25, 0.3) is 0 Å². The molecule has 0 saturated carbocycles. The van der Waals surface area contributed by atoms with Crippen LogP contribution in [0.15, 0.2) is 10.5 Å². The van der Waals surface area contributed by atoms with Crippen LogP contribution < -0.4 is 10.6 Å². The summed E-state index contributed by atoms with van der Waals surface area (Å²) in [6.07, 6.45) is 0. The molecule has 1 heterocycles. The Labute approximate surface area is 110 Å². The van der Waals surface area contributed by atoms with Crippen LogP contribution in [0.1, 0.15) is 35.7 Å². The Morgan fingerprint density at radius 3 is 2.53 bits per heavy atom. The van der Waals surface area contributed by atoms with Crippen molar-refractivity contribution in [3.63, 3.8) is 0 Å². The average Bonchev–Trinajstić information content (AvgIpc) is 2.66. The van der Waals surface area contributed by atoms with Gasteiger partial charge < -0.3 is 20.2 Å². The van der Waals surface area contributed by atoms with E-state index in [1.165, 1.54) is 19.9 Å². The molecule has 2 amide bonds. The lowest BCUT2D eigenvalue weighted by molar-refractivity contribution is -0.127. The number of aryl methyl sites for hydroxylation is 1. The first-order valence-electron chi connectivity index (χ1n) is 5.68. The van der Waals surface area contributed by atoms with E-state index in [1.807, 2.05) is 0 Å². The largest absolute Gasteiger partial charge is 0.478 e. The maximum absolute atomic E-state index is 11.6. The number of carbonyl (C=O) groups excluding carboxylic acids is 2. The van der Waals surface area contributed by atoms with Gasteiger partial charge in [-0.05, 0) is 19.9 Å². The number of amides is 2. The fourth-order valence-corrected chi connectivity index (χ4v) is 1.54. The highest BCUT2D eigenvalue weighted by molar-refractivity contribution is 5.89. The van der Waals surface area contributed by atoms with E-state index in [4.69, 9.17) is 9.52 Å². The molecule has 0 saturated heterocycles. The van der Waals surface area contributed by atoms with E-state index in [2.05, 4.69) is 10.6 Å². The lowest BCUT2D eigenvalue weighted by Gasteiger charge is -2.11. The fourth-order valence-electron chi connectivity index (χ4n) is 1.54. The summed E-state index contributed by atoms with van der Waals surface area (Å²) in [5.74, 6) is -1.12. The van der Waals surface area contributed by atoms with Gasteiger partial charge in [-0.1, -0.05) is 0 Å². The lowest BCUT2D eigenvalue weighted by Crippen LogP contribution is -2.43. The van der Waals surface area contributed by atoms with Crippen molar-refractivity contribution in [3.05, 3.63) is 23.2 Å². The SMILES string of the molecule is CC(=O)NC(C)C(=O)NCc1cc(C(=O)O)c(C)o1. The van der Waals surface area contributed by atoms with Crippen LogP contribution in [-0.4, -0.2) is 28.9 Å². The molecule has 0 aromatic carbocycles. The topological polar surface area (TPSA) is 109 Å². The average molecular weight is 268 g/mol. The molecule has 1 atom stereocenters. The second kappa shape index (κ2) is 6.03. The number of hydrogen-bond acceptors (Lipinski definition) is 4. The maximum atomic E-state index is 11.6. The molecule has 7 nitrogen and oxygen atoms in total. The molecule has 1 unspecified atom stereocenters. The molecule has 7 heteroatoms. The maximum Gasteiger partial charge on any atom is 0.339 e. The van der Waals surface area contributed by atoms with Crippen molar-refractivity contribution in [3.8, 4) is 0 Å². The summed E-state index contributed by atoms with van der Waals surface area (Å²) in [5.41, 5.74) is 0.0687. The van der Waals surface area contributed by atoms with Crippen molar-refractivity contribution in [1.29, 1.82) is 0 Å². The Morgan fingerprint density at radius 2 is 2.05 bits per heavy atom. The summed E-state index contributed by atoms with van der Waals surface area (Å²) in [4.78, 5) is 33.2. The molecule has 0 aliphatic heterocycles. The molecule has 3 N–H and O–H groups in total. The Kier molecular flexibility index (Phi) is 4.68. The van der Waals surface area contributed by atoms with E-state index in [1.54, 1.807) is 6.92 Å². The molecule has 1 aromatic rings. The molecule has 0 fully saturated rings. The number of rotatable bonds is 5. The highest BCUT2D eigenvalue weighted by Crippen LogP contribution is 2.14. The van der Waals surface area contributed by atoms with Gasteiger partial charge in [0.05, 0.1) is 6.54 Å². The first-order chi connectivity index (χ1) is 8.81. The third-order valence-corrected chi connectivity index (χ3v) is 2.45. The number of nitrogens with one attached hydrogen (secondary N) is 2. The van der Waals surface area contributed by atoms with Crippen LogP contribution in [0.5, 0.6) is 0 Å². The van der Waals surface area contributed by atoms with Crippen molar-refractivity contribution >= 4 is 17.8 Å². The molecule has 1 rings (SSSR count). The molecule has 104 valence electrons. The third-order valence-electron chi connectivity index (χ3n) is 2.45. The van der Waals surface area contributed by atoms with E-state index in [9.17, 15) is 14.4 Å². The standard InChI is InChI=1S/C12H16N2O5/c1-6(14-8(3)15)11(16)13-5-9-4-10(12(17)18)7(2)19-9/h4,6H,5H2,1-3H3,(H,13,16)(H,14,15)(H,17,18). The van der Waals surface area contributed by atoms with Crippen molar-refractivity contribution in [2.24, 2.45) is 0 Å². The minimum Gasteiger partial charge on any atom is -0.478 e. The van der Waals surface area contributed by atoms with Crippen molar-refractivity contribution in [2.75, 3.05) is 0 Å². The van der Waals surface area contributed by atoms with Crippen LogP contribution in [0.4, 0.5) is 0 Å². The molecule has 0 aliphatic rings. The molecular formula is C12H16N2O5. The molecule has 0 aliphatic carbocycles. The molecule has 0 radical (unpaired) electrons. The molecule has 0 bridgehead atoms. The highest BCUT2D eigenvalue weighted by Gasteiger charge is 2.16. The van der Waals surface area contributed by atoms with E-state index in [0.29, 0.717) is 5.76 Å². The van der Waals surface area contributed by atoms with Gasteiger partial charge in [-0.3, -0.25) is 9.59 Å². The van der Waals surface area contributed by atoms with Gasteiger partial charge in [-0.15, -0.1) is 0 Å². The van der Waals surface area contributed by atoms with Gasteiger partial charge in [-0.2, -0.15) is 0 Å². The summed E-state index contributed by atoms with van der Waals surface area (Å²) in [6, 6.07) is 0.702. The van der Waals surface area contributed by atoms with E-state index in [0.717, 1.165) is 0 Å². The fraction of sp³-hybridized carbons (Fsp3) is 0.417. The predicted octanol–water partition coefficient (Wildman–Crippen LogP) is 0.427. The summed E-state index contributed by atoms with van der Waals surface area (Å²) in [5, 5.41) is 13.8. The minimum atomic E-state index is -1.08. The van der Waals surface area contributed by atoms with Gasteiger partial charge in [0.2, 0.25) is 11.8 Å². The van der Waals surface area contributed by atoms with Gasteiger partial charge in [0.15, 0.2) is 0 Å². The van der Waals surface area contributed by atoms with E-state index >= 15 is 0 Å². The summed E-state index contributed by atoms with van der Waals surface area (Å²) in [6.45, 7) is 4.47. The number of furan rings is 1. The molecule has 0 spiro atoms. The summed E-state index contributed by atoms with van der Waals surface area (Å²) < 4.78 is 5.20. The van der Waals surface area contributed by atoms with Crippen molar-refractivity contribution in [1.82, 2.24) is 10.6 Å². The Hall–Kier alpha value is -2.31. The summed E-state index contributed by atoms with van der Waals surface area (Å²) >= 11 is 0. The Morgan fingerprint density at radius 1 is 1.42 bits per heavy atom. The smallest absolute Gasteiger partial charge is 0.339 e. The zero-order valence-electron chi connectivity index (χ0n) is 10.9. The highest BCUT2D eigenvalue weighted by atomic mass is 16.4. The second-order valence-corrected chi connectivity index (χ2v) is 4.13. The lowest BCUT2D eigenvalue weighted by atomic mass is 10.2. The normalized spacial score (nSPS) is 11.7. The number of carboxylic acids is 1. The van der Waals surface area contributed by atoms with Crippen LogP contribution in [0, 0.1) is 6.92 Å². The molecule has 19 heavy (non-hydrogen) atoms. The minimum absolute atomic E-state index is 0.0663. The zero-order chi connectivity index (χ0) is 14.6. The van der Waals surface area contributed by atoms with Crippen LogP contribution in [0.2, 0.25) is 0 Å². The quantitative estimate of drug-likeness (QED) is 0.717. The van der Waals surface area contributed by atoms with Crippen molar-refractivity contribution < 1.29 is 23.9 Å². The Balaban J connectivity index is 2.57. The van der Waals surface area contributed by atoms with Crippen LogP contribution in [0.3, 0.4) is 0 Å². The van der Waals surface area contributed by atoms with Gasteiger partial charge >= 0.3 is 5.97 Å². The van der Waals surface area contributed by atoms with E-state index in [-0.39, 0.29) is 29.7 Å². The van der Waals surface area contributed by atoms with Crippen LogP contribution in [-0.2, 0) is 16.1 Å². The number of hydrogen-bond donors (Lipinski definition) is 3. The zero-order valence-corrected chi connectivity index (χ0v) is 10.9. The predicted molar refractivity (Wildman–Crippen MR) is 65.5 cm³/mol. The number of aromatic carboxylic acids is 1. The Bertz CT molecular complexity index is 506. The van der Waals surface area contributed by atoms with Crippen LogP contribution in [0.25, 0.3) is 0 Å². The monoisotopic (exact) mass is 268 g/mol. The van der Waals surface area contributed by atoms with E-state index < -0.39 is 12.0 Å². The van der Waals surface area contributed by atoms with Gasteiger partial charge in [0.1, 0.15) is 23.1 Å². The number of carboxylic acid groups (broad SMARTS) is 1. The first kappa shape index (κ1) is 14.7. The first-order valence-corrected chi connectivity index (χ1v) is 5.68. The van der Waals surface area contributed by atoms with Gasteiger partial charge in [-0.25, -0.2) is 4.79 Å². The van der Waals surface area contributed by atoms with Gasteiger partial charge in [0, 0.05) is 6.92 Å².